The van der Waals surface area contributed by atoms with Crippen LogP contribution in [0.4, 0.5) is 0 Å². The lowest BCUT2D eigenvalue weighted by molar-refractivity contribution is -0.349. The van der Waals surface area contributed by atoms with Gasteiger partial charge in [-0.25, -0.2) is 4.79 Å². The number of alkyl halides is 2. The van der Waals surface area contributed by atoms with Crippen LogP contribution in [-0.4, -0.2) is 158 Å². The summed E-state index contributed by atoms with van der Waals surface area (Å²) < 4.78 is 66.3. The highest BCUT2D eigenvalue weighted by Gasteiger charge is 2.63. The van der Waals surface area contributed by atoms with Gasteiger partial charge in [-0.2, -0.15) is 0 Å². The Kier molecular flexibility index (Phi) is 19.2. The van der Waals surface area contributed by atoms with Crippen LogP contribution in [0.3, 0.4) is 0 Å². The standard InChI is InChI=1S/C34H44Cl2O22/c1-14(37)48-12-22(50-16(3)39)27-29(52-18(5)41)30(53-19(6)42)31(54-20(7)43)32(57-27)56-26-21(55-25(45)11-36)9-34(24(44)10-35,33(46)47-8)58-28(26)23(51-17(4)40)13-49-15(2)38/h21-23,26-32H,9-13H2,1-8H3/t21-,22+,23-,26-,27-,28-,29-,30+,31+,32+,34+/m1/s1. The van der Waals surface area contributed by atoms with Crippen LogP contribution in [0.25, 0.3) is 0 Å². The summed E-state index contributed by atoms with van der Waals surface area (Å²) in [6.45, 7) is 5.10. The third-order valence-corrected chi connectivity index (χ3v) is 8.45. The third kappa shape index (κ3) is 13.7. The molecule has 0 aliphatic carbocycles. The molecule has 0 amide bonds. The van der Waals surface area contributed by atoms with Crippen molar-refractivity contribution in [3.63, 3.8) is 0 Å². The molecule has 0 aromatic carbocycles. The molecular weight excluding hydrogens is 831 g/mol. The predicted octanol–water partition coefficient (Wildman–Crippen LogP) is -0.460. The van der Waals surface area contributed by atoms with Crippen LogP contribution in [0.1, 0.15) is 54.9 Å². The molecule has 2 saturated heterocycles. The quantitative estimate of drug-likeness (QED) is 0.0729. The molecule has 2 rings (SSSR count). The first-order chi connectivity index (χ1) is 27.1. The monoisotopic (exact) mass is 874 g/mol. The molecule has 0 bridgehead atoms. The summed E-state index contributed by atoms with van der Waals surface area (Å²) in [6.07, 6.45) is -20.0. The molecule has 2 fully saturated rings. The molecular formula is C34H44Cl2O22. The zero-order valence-electron chi connectivity index (χ0n) is 32.5. The van der Waals surface area contributed by atoms with Gasteiger partial charge in [0.1, 0.15) is 43.5 Å². The summed E-state index contributed by atoms with van der Waals surface area (Å²) in [5.74, 6) is -12.3. The van der Waals surface area contributed by atoms with Crippen LogP contribution < -0.4 is 0 Å². The van der Waals surface area contributed by atoms with Gasteiger partial charge < -0.3 is 56.8 Å². The Bertz CT molecular complexity index is 1550. The minimum Gasteiger partial charge on any atom is -0.467 e. The molecule has 0 aromatic heterocycles. The fraction of sp³-hybridized carbons (Fsp3) is 0.706. The van der Waals surface area contributed by atoms with Gasteiger partial charge in [0.15, 0.2) is 42.6 Å². The fourth-order valence-corrected chi connectivity index (χ4v) is 6.28. The van der Waals surface area contributed by atoms with Gasteiger partial charge >= 0.3 is 53.7 Å². The molecule has 58 heavy (non-hydrogen) atoms. The second-order valence-corrected chi connectivity index (χ2v) is 13.1. The molecule has 24 heteroatoms. The zero-order valence-corrected chi connectivity index (χ0v) is 34.1. The summed E-state index contributed by atoms with van der Waals surface area (Å²) in [4.78, 5) is 126. The van der Waals surface area contributed by atoms with Gasteiger partial charge in [0.05, 0.1) is 13.0 Å². The lowest BCUT2D eigenvalue weighted by atomic mass is 9.83. The van der Waals surface area contributed by atoms with Gasteiger partial charge in [-0.3, -0.25) is 43.2 Å². The summed E-state index contributed by atoms with van der Waals surface area (Å²) in [6, 6.07) is 0. The lowest BCUT2D eigenvalue weighted by Gasteiger charge is -2.50. The van der Waals surface area contributed by atoms with E-state index in [1.54, 1.807) is 0 Å². The van der Waals surface area contributed by atoms with Crippen molar-refractivity contribution in [3.05, 3.63) is 0 Å². The summed E-state index contributed by atoms with van der Waals surface area (Å²) in [7, 11) is 0.887. The Morgan fingerprint density at radius 1 is 0.603 bits per heavy atom. The van der Waals surface area contributed by atoms with Crippen molar-refractivity contribution in [2.45, 2.75) is 122 Å². The second kappa shape index (κ2) is 22.5. The third-order valence-electron chi connectivity index (χ3n) is 7.99. The van der Waals surface area contributed by atoms with Gasteiger partial charge in [0, 0.05) is 54.9 Å². The normalized spacial score (nSPS) is 27.6. The number of carbonyl (C=O) groups is 10. The number of ketones is 1. The number of hydrogen-bond donors (Lipinski definition) is 0. The van der Waals surface area contributed by atoms with E-state index in [1.807, 2.05) is 0 Å². The average molecular weight is 876 g/mol. The summed E-state index contributed by atoms with van der Waals surface area (Å²) >= 11 is 11.7. The number of esters is 9. The van der Waals surface area contributed by atoms with E-state index in [4.69, 9.17) is 80.0 Å². The maximum Gasteiger partial charge on any atom is 0.346 e. The van der Waals surface area contributed by atoms with Gasteiger partial charge in [-0.1, -0.05) is 0 Å². The summed E-state index contributed by atoms with van der Waals surface area (Å²) in [5, 5.41) is 0. The number of rotatable bonds is 18. The van der Waals surface area contributed by atoms with E-state index in [2.05, 4.69) is 0 Å². The maximum absolute atomic E-state index is 13.5. The highest BCUT2D eigenvalue weighted by molar-refractivity contribution is 6.31. The van der Waals surface area contributed by atoms with Crippen molar-refractivity contribution in [1.82, 2.24) is 0 Å². The molecule has 0 unspecified atom stereocenters. The summed E-state index contributed by atoms with van der Waals surface area (Å²) in [5.41, 5.74) is -2.73. The van der Waals surface area contributed by atoms with Crippen molar-refractivity contribution >= 4 is 82.7 Å². The van der Waals surface area contributed by atoms with Crippen LogP contribution in [-0.2, 0) is 105 Å². The minimum absolute atomic E-state index is 0.765. The van der Waals surface area contributed by atoms with Gasteiger partial charge in [0.2, 0.25) is 5.60 Å². The van der Waals surface area contributed by atoms with E-state index in [-0.39, 0.29) is 0 Å². The van der Waals surface area contributed by atoms with Crippen LogP contribution in [0.2, 0.25) is 0 Å². The number of ether oxygens (including phenoxy) is 12. The molecule has 22 nitrogen and oxygen atoms in total. The Labute approximate surface area is 340 Å². The van der Waals surface area contributed by atoms with Crippen molar-refractivity contribution in [2.75, 3.05) is 32.1 Å². The van der Waals surface area contributed by atoms with E-state index in [0.29, 0.717) is 0 Å². The number of Topliss-reactive ketones (excluding diaryl/α,β-unsaturated/α-hetero) is 1. The van der Waals surface area contributed by atoms with E-state index >= 15 is 0 Å². The molecule has 0 spiro atoms. The van der Waals surface area contributed by atoms with Crippen molar-refractivity contribution < 1.29 is 105 Å². The Morgan fingerprint density at radius 2 is 1.09 bits per heavy atom. The maximum atomic E-state index is 13.5. The highest BCUT2D eigenvalue weighted by Crippen LogP contribution is 2.40. The van der Waals surface area contributed by atoms with Gasteiger partial charge in [0.25, 0.3) is 0 Å². The SMILES string of the molecule is COC(=O)[C@@]1(C(=O)CCl)C[C@@H](OC(=O)CCl)[C@@H](O[C@H]2O[C@H]([C@H](COC(C)=O)OC(C)=O)[C@@H](OC(C)=O)[C@H](OC(C)=O)[C@@H]2OC(C)=O)[C@@H]([C@@H](COC(C)=O)OC(C)=O)O1. The molecule has 0 N–H and O–H groups in total. The molecule has 0 radical (unpaired) electrons. The fourth-order valence-electron chi connectivity index (χ4n) is 6.00. The van der Waals surface area contributed by atoms with E-state index < -0.39 is 158 Å². The first kappa shape index (κ1) is 49.5. The Morgan fingerprint density at radius 3 is 1.52 bits per heavy atom. The number of hydrogen-bond acceptors (Lipinski definition) is 22. The number of carbonyl (C=O) groups excluding carboxylic acids is 10. The van der Waals surface area contributed by atoms with Crippen molar-refractivity contribution in [1.29, 1.82) is 0 Å². The molecule has 0 saturated carbocycles. The molecule has 2 heterocycles. The van der Waals surface area contributed by atoms with Crippen LogP contribution in [0.15, 0.2) is 0 Å². The van der Waals surface area contributed by atoms with E-state index in [0.717, 1.165) is 55.6 Å². The largest absolute Gasteiger partial charge is 0.467 e. The van der Waals surface area contributed by atoms with E-state index in [1.165, 1.54) is 0 Å². The smallest absolute Gasteiger partial charge is 0.346 e. The van der Waals surface area contributed by atoms with Crippen LogP contribution in [0, 0.1) is 0 Å². The molecule has 2 aliphatic heterocycles. The Balaban J connectivity index is 3.04. The lowest BCUT2D eigenvalue weighted by Crippen LogP contribution is -2.70. The first-order valence-corrected chi connectivity index (χ1v) is 18.2. The van der Waals surface area contributed by atoms with Crippen LogP contribution in [0.5, 0.6) is 0 Å². The Hall–Kier alpha value is -4.64. The van der Waals surface area contributed by atoms with Crippen LogP contribution >= 0.6 is 23.2 Å². The zero-order chi connectivity index (χ0) is 44.1. The second-order valence-electron chi connectivity index (χ2n) is 12.5. The molecule has 326 valence electrons. The predicted molar refractivity (Wildman–Crippen MR) is 185 cm³/mol. The molecule has 0 aromatic rings. The molecule has 2 aliphatic rings. The minimum atomic E-state index is -2.73. The highest BCUT2D eigenvalue weighted by atomic mass is 35.5. The molecule has 11 atom stereocenters. The average Bonchev–Trinajstić information content (AvgIpc) is 3.12. The number of methoxy groups -OCH3 is 1. The van der Waals surface area contributed by atoms with Gasteiger partial charge in [-0.05, 0) is 0 Å². The first-order valence-electron chi connectivity index (χ1n) is 17.1. The topological polar surface area (TPSA) is 281 Å². The number of halogens is 2. The van der Waals surface area contributed by atoms with Crippen molar-refractivity contribution in [2.24, 2.45) is 0 Å². The van der Waals surface area contributed by atoms with E-state index in [9.17, 15) is 47.9 Å². The van der Waals surface area contributed by atoms with Crippen molar-refractivity contribution in [3.8, 4) is 0 Å². The van der Waals surface area contributed by atoms with Gasteiger partial charge in [-0.15, -0.1) is 23.2 Å².